The first-order chi connectivity index (χ1) is 24.3. The lowest BCUT2D eigenvalue weighted by Crippen LogP contribution is -2.41. The van der Waals surface area contributed by atoms with Crippen LogP contribution in [-0.4, -0.2) is 125 Å². The van der Waals surface area contributed by atoms with Crippen molar-refractivity contribution in [3.8, 4) is 0 Å². The Kier molecular flexibility index (Phi) is 25.4. The summed E-state index contributed by atoms with van der Waals surface area (Å²) in [7, 11) is 1.00. The SMILES string of the molecule is CCC(C)(N)CCN(CC/C(O)=C/COC(C)(C)CCO)Cc1ccc(CN(CCC(C)(N)CC)CCC(C)(C)OCCOC(C)CO)cc1.CO. The molecule has 0 aromatic heterocycles. The predicted molar refractivity (Wildman–Crippen MR) is 214 cm³/mol. The summed E-state index contributed by atoms with van der Waals surface area (Å²) in [5, 5.41) is 36.0. The first-order valence-corrected chi connectivity index (χ1v) is 19.4. The number of rotatable bonds is 29. The Labute approximate surface area is 317 Å². The van der Waals surface area contributed by atoms with Crippen LogP contribution in [0.5, 0.6) is 0 Å². The van der Waals surface area contributed by atoms with Crippen molar-refractivity contribution in [1.29, 1.82) is 0 Å². The molecule has 11 heteroatoms. The Bertz CT molecular complexity index is 1060. The Hall–Kier alpha value is -1.64. The highest BCUT2D eigenvalue weighted by Crippen LogP contribution is 2.20. The monoisotopic (exact) mass is 741 g/mol. The second-order valence-electron chi connectivity index (χ2n) is 16.1. The van der Waals surface area contributed by atoms with Crippen LogP contribution in [0.3, 0.4) is 0 Å². The minimum atomic E-state index is -0.437. The lowest BCUT2D eigenvalue weighted by atomic mass is 9.95. The molecule has 0 bridgehead atoms. The van der Waals surface area contributed by atoms with E-state index in [9.17, 15) is 15.3 Å². The highest BCUT2D eigenvalue weighted by molar-refractivity contribution is 5.22. The van der Waals surface area contributed by atoms with Crippen molar-refractivity contribution in [2.75, 3.05) is 66.3 Å². The molecule has 1 rings (SSSR count). The predicted octanol–water partition coefficient (Wildman–Crippen LogP) is 5.53. The van der Waals surface area contributed by atoms with Gasteiger partial charge < -0.3 is 46.1 Å². The normalized spacial score (nSPS) is 15.7. The van der Waals surface area contributed by atoms with Gasteiger partial charge in [0.05, 0.1) is 49.5 Å². The average molecular weight is 741 g/mol. The van der Waals surface area contributed by atoms with Gasteiger partial charge >= 0.3 is 0 Å². The van der Waals surface area contributed by atoms with Crippen LogP contribution in [-0.2, 0) is 27.3 Å². The number of nitrogens with two attached hydrogens (primary N) is 2. The Morgan fingerprint density at radius 3 is 1.65 bits per heavy atom. The first kappa shape index (κ1) is 50.4. The van der Waals surface area contributed by atoms with Gasteiger partial charge in [-0.05, 0) is 104 Å². The van der Waals surface area contributed by atoms with Crippen LogP contribution < -0.4 is 11.5 Å². The molecule has 0 aliphatic rings. The Morgan fingerprint density at radius 2 is 1.19 bits per heavy atom. The fourth-order valence-corrected chi connectivity index (χ4v) is 5.19. The summed E-state index contributed by atoms with van der Waals surface area (Å²) in [4.78, 5) is 4.85. The summed E-state index contributed by atoms with van der Waals surface area (Å²) in [5.41, 5.74) is 14.4. The lowest BCUT2D eigenvalue weighted by Gasteiger charge is -2.32. The fraction of sp³-hybridized carbons (Fsp3) is 0.805. The van der Waals surface area contributed by atoms with Gasteiger partial charge in [-0.25, -0.2) is 0 Å². The summed E-state index contributed by atoms with van der Waals surface area (Å²) < 4.78 is 17.6. The molecular weight excluding hydrogens is 660 g/mol. The van der Waals surface area contributed by atoms with E-state index in [0.29, 0.717) is 45.0 Å². The van der Waals surface area contributed by atoms with Crippen molar-refractivity contribution < 1.29 is 34.6 Å². The zero-order valence-corrected chi connectivity index (χ0v) is 34.8. The number of aliphatic hydroxyl groups excluding tert-OH is 4. The number of aliphatic hydroxyl groups is 4. The number of benzene rings is 1. The molecule has 11 nitrogen and oxygen atoms in total. The van der Waals surface area contributed by atoms with E-state index in [1.165, 1.54) is 11.1 Å². The third-order valence-corrected chi connectivity index (χ3v) is 9.91. The van der Waals surface area contributed by atoms with Gasteiger partial charge in [-0.3, -0.25) is 9.80 Å². The highest BCUT2D eigenvalue weighted by Gasteiger charge is 2.23. The Balaban J connectivity index is 0.0000128. The molecule has 0 saturated heterocycles. The van der Waals surface area contributed by atoms with Crippen LogP contribution >= 0.6 is 0 Å². The number of hydrogen-bond acceptors (Lipinski definition) is 11. The van der Waals surface area contributed by atoms with Crippen LogP contribution in [0, 0.1) is 0 Å². The Morgan fingerprint density at radius 1 is 0.731 bits per heavy atom. The maximum absolute atomic E-state index is 10.6. The molecule has 1 aromatic carbocycles. The van der Waals surface area contributed by atoms with Crippen molar-refractivity contribution >= 4 is 0 Å². The summed E-state index contributed by atoms with van der Waals surface area (Å²) in [6.07, 6.45) is 7.10. The molecule has 0 radical (unpaired) electrons. The topological polar surface area (TPSA) is 167 Å². The van der Waals surface area contributed by atoms with Crippen LogP contribution in [0.4, 0.5) is 0 Å². The van der Waals surface area contributed by atoms with Gasteiger partial charge in [0.2, 0.25) is 0 Å². The van der Waals surface area contributed by atoms with Crippen LogP contribution in [0.15, 0.2) is 36.1 Å². The molecule has 3 atom stereocenters. The minimum Gasteiger partial charge on any atom is -0.513 e. The van der Waals surface area contributed by atoms with Crippen LogP contribution in [0.1, 0.15) is 118 Å². The van der Waals surface area contributed by atoms with E-state index in [1.807, 2.05) is 20.8 Å². The summed E-state index contributed by atoms with van der Waals surface area (Å²) in [5.74, 6) is 0.311. The fourth-order valence-electron chi connectivity index (χ4n) is 5.19. The molecule has 0 heterocycles. The molecule has 0 spiro atoms. The zero-order chi connectivity index (χ0) is 39.8. The number of ether oxygens (including phenoxy) is 3. The molecule has 52 heavy (non-hydrogen) atoms. The molecule has 3 unspecified atom stereocenters. The van der Waals surface area contributed by atoms with Gasteiger partial charge in [-0.2, -0.15) is 0 Å². The first-order valence-electron chi connectivity index (χ1n) is 19.4. The van der Waals surface area contributed by atoms with E-state index in [2.05, 4.69) is 75.6 Å². The van der Waals surface area contributed by atoms with Crippen molar-refractivity contribution in [2.24, 2.45) is 11.5 Å². The second kappa shape index (κ2) is 26.2. The highest BCUT2D eigenvalue weighted by atomic mass is 16.5. The second-order valence-corrected chi connectivity index (χ2v) is 16.1. The van der Waals surface area contributed by atoms with Gasteiger partial charge in [-0.1, -0.05) is 38.1 Å². The molecule has 0 aliphatic heterocycles. The molecule has 306 valence electrons. The third kappa shape index (κ3) is 24.6. The minimum absolute atomic E-state index is 0.00703. The van der Waals surface area contributed by atoms with Crippen LogP contribution in [0.2, 0.25) is 0 Å². The zero-order valence-electron chi connectivity index (χ0n) is 34.8. The lowest BCUT2D eigenvalue weighted by molar-refractivity contribution is -0.0706. The van der Waals surface area contributed by atoms with Gasteiger partial charge in [0, 0.05) is 70.5 Å². The smallest absolute Gasteiger partial charge is 0.0918 e. The molecule has 0 amide bonds. The quantitative estimate of drug-likeness (QED) is 0.0452. The molecule has 8 N–H and O–H groups in total. The molecule has 1 aromatic rings. The molecular formula is C41H80N4O7. The maximum atomic E-state index is 10.6. The summed E-state index contributed by atoms with van der Waals surface area (Å²) in [6, 6.07) is 8.89. The van der Waals surface area contributed by atoms with E-state index in [-0.39, 0.29) is 36.0 Å². The summed E-state index contributed by atoms with van der Waals surface area (Å²) >= 11 is 0. The molecule has 0 saturated carbocycles. The van der Waals surface area contributed by atoms with E-state index >= 15 is 0 Å². The third-order valence-electron chi connectivity index (χ3n) is 9.91. The van der Waals surface area contributed by atoms with Gasteiger partial charge in [0.15, 0.2) is 0 Å². The van der Waals surface area contributed by atoms with Crippen LogP contribution in [0.25, 0.3) is 0 Å². The van der Waals surface area contributed by atoms with E-state index in [4.69, 9.17) is 30.8 Å². The van der Waals surface area contributed by atoms with Gasteiger partial charge in [-0.15, -0.1) is 0 Å². The average Bonchev–Trinajstić information content (AvgIpc) is 3.10. The molecule has 0 aliphatic carbocycles. The van der Waals surface area contributed by atoms with E-state index in [0.717, 1.165) is 71.9 Å². The summed E-state index contributed by atoms with van der Waals surface area (Å²) in [6.45, 7) is 24.7. The van der Waals surface area contributed by atoms with Gasteiger partial charge in [0.1, 0.15) is 0 Å². The largest absolute Gasteiger partial charge is 0.513 e. The van der Waals surface area contributed by atoms with Crippen molar-refractivity contribution in [1.82, 2.24) is 9.80 Å². The standard InChI is InChI=1S/C40H76N4O6.CH4O/c1-10-39(8,41)19-24-43(22-16-36(47)17-27-49-38(6,7)21-26-45)30-34-12-14-35(15-13-34)31-44(25-20-40(9,42)11-2)23-18-37(4,5)50-29-28-48-33(3)32-46;1-2/h12-15,17,33,45-47H,10-11,16,18-32,41-42H2,1-9H3;2H,1H3/b36-17-;. The van der Waals surface area contributed by atoms with Crippen molar-refractivity contribution in [3.63, 3.8) is 0 Å². The van der Waals surface area contributed by atoms with Crippen molar-refractivity contribution in [2.45, 2.75) is 149 Å². The van der Waals surface area contributed by atoms with Crippen molar-refractivity contribution in [3.05, 3.63) is 47.2 Å². The molecule has 0 fully saturated rings. The van der Waals surface area contributed by atoms with E-state index < -0.39 is 5.60 Å². The van der Waals surface area contributed by atoms with Gasteiger partial charge in [0.25, 0.3) is 0 Å². The maximum Gasteiger partial charge on any atom is 0.0918 e. The number of hydrogen-bond donors (Lipinski definition) is 6. The van der Waals surface area contributed by atoms with E-state index in [1.54, 1.807) is 6.08 Å². The number of nitrogens with zero attached hydrogens (tertiary/aromatic N) is 2.